The number of fused-ring (bicyclic) bond motifs is 3. The maximum Gasteiger partial charge on any atom is 0.257 e. The third-order valence-electron chi connectivity index (χ3n) is 5.45. The zero-order chi connectivity index (χ0) is 20.8. The van der Waals surface area contributed by atoms with Gasteiger partial charge in [-0.2, -0.15) is 5.10 Å². The summed E-state index contributed by atoms with van der Waals surface area (Å²) in [5, 5.41) is 6.37. The molecule has 30 heavy (non-hydrogen) atoms. The molecule has 4 aromatic rings. The molecule has 0 unspecified atom stereocenters. The van der Waals surface area contributed by atoms with Gasteiger partial charge in [0, 0.05) is 37.6 Å². The molecule has 1 saturated heterocycles. The van der Waals surface area contributed by atoms with Gasteiger partial charge < -0.3 is 9.80 Å². The quantitative estimate of drug-likeness (QED) is 0.462. The molecule has 0 N–H and O–H groups in total. The number of carbonyl (C=O) groups is 1. The van der Waals surface area contributed by atoms with Crippen molar-refractivity contribution < 1.29 is 4.79 Å². The molecule has 0 aliphatic carbocycles. The highest BCUT2D eigenvalue weighted by Gasteiger charge is 2.27. The van der Waals surface area contributed by atoms with Gasteiger partial charge in [-0.15, -0.1) is 0 Å². The summed E-state index contributed by atoms with van der Waals surface area (Å²) in [6.07, 6.45) is 0. The van der Waals surface area contributed by atoms with Crippen LogP contribution >= 0.6 is 23.2 Å². The van der Waals surface area contributed by atoms with Gasteiger partial charge in [-0.05, 0) is 31.2 Å². The number of aromatic nitrogens is 3. The number of para-hydroxylation sites is 1. The maximum atomic E-state index is 13.0. The van der Waals surface area contributed by atoms with E-state index in [0.29, 0.717) is 41.8 Å². The van der Waals surface area contributed by atoms with E-state index in [1.807, 2.05) is 29.6 Å². The van der Waals surface area contributed by atoms with Crippen LogP contribution in [0.25, 0.3) is 16.6 Å². The Bertz CT molecular complexity index is 1260. The van der Waals surface area contributed by atoms with Gasteiger partial charge in [0.1, 0.15) is 5.82 Å². The third kappa shape index (κ3) is 3.16. The van der Waals surface area contributed by atoms with Crippen molar-refractivity contribution in [2.75, 3.05) is 31.1 Å². The van der Waals surface area contributed by atoms with Gasteiger partial charge in [0.05, 0.1) is 26.8 Å². The third-order valence-corrected chi connectivity index (χ3v) is 6.08. The molecule has 3 heterocycles. The van der Waals surface area contributed by atoms with Gasteiger partial charge in [-0.1, -0.05) is 41.4 Å². The number of hydrogen-bond donors (Lipinski definition) is 0. The first kappa shape index (κ1) is 19.2. The number of anilines is 1. The molecule has 8 heteroatoms. The molecule has 152 valence electrons. The summed E-state index contributed by atoms with van der Waals surface area (Å²) in [5.41, 5.74) is 3.14. The van der Waals surface area contributed by atoms with Crippen molar-refractivity contribution in [2.24, 2.45) is 0 Å². The number of rotatable bonds is 2. The summed E-state index contributed by atoms with van der Waals surface area (Å²) in [4.78, 5) is 21.9. The molecule has 5 rings (SSSR count). The number of nitrogens with zero attached hydrogens (tertiary/aromatic N) is 5. The Labute approximate surface area is 183 Å². The Morgan fingerprint density at radius 3 is 2.40 bits per heavy atom. The standard InChI is InChI=1S/C22H19Cl2N5O/c1-14-13-19-25-21(15-5-2-3-8-18(15)29(19)26-14)27-9-11-28(12-10-27)22(30)20-16(23)6-4-7-17(20)24/h2-8,13H,9-12H2,1H3. The van der Waals surface area contributed by atoms with E-state index in [9.17, 15) is 4.79 Å². The summed E-state index contributed by atoms with van der Waals surface area (Å²) in [7, 11) is 0. The molecule has 0 saturated carbocycles. The molecule has 2 aromatic carbocycles. The number of aryl methyl sites for hydroxylation is 1. The van der Waals surface area contributed by atoms with E-state index in [4.69, 9.17) is 28.2 Å². The van der Waals surface area contributed by atoms with Crippen LogP contribution in [0.2, 0.25) is 10.0 Å². The molecule has 0 radical (unpaired) electrons. The number of carbonyl (C=O) groups excluding carboxylic acids is 1. The van der Waals surface area contributed by atoms with Crippen molar-refractivity contribution in [3.8, 4) is 0 Å². The van der Waals surface area contributed by atoms with Crippen LogP contribution < -0.4 is 4.90 Å². The maximum absolute atomic E-state index is 13.0. The van der Waals surface area contributed by atoms with E-state index in [1.165, 1.54) is 0 Å². The molecule has 0 spiro atoms. The topological polar surface area (TPSA) is 53.7 Å². The second kappa shape index (κ2) is 7.45. The van der Waals surface area contributed by atoms with E-state index in [2.05, 4.69) is 22.1 Å². The highest BCUT2D eigenvalue weighted by molar-refractivity contribution is 6.39. The summed E-state index contributed by atoms with van der Waals surface area (Å²) < 4.78 is 1.88. The zero-order valence-electron chi connectivity index (χ0n) is 16.3. The molecule has 1 aliphatic rings. The number of hydrogen-bond acceptors (Lipinski definition) is 4. The molecule has 1 amide bonds. The summed E-state index contributed by atoms with van der Waals surface area (Å²) in [5.74, 6) is 0.783. The smallest absolute Gasteiger partial charge is 0.257 e. The van der Waals surface area contributed by atoms with E-state index in [-0.39, 0.29) is 5.91 Å². The first-order valence-corrected chi connectivity index (χ1v) is 10.5. The van der Waals surface area contributed by atoms with Crippen LogP contribution in [0.15, 0.2) is 48.5 Å². The summed E-state index contributed by atoms with van der Waals surface area (Å²) in [6, 6.07) is 15.2. The Kier molecular flexibility index (Phi) is 4.76. The van der Waals surface area contributed by atoms with Crippen LogP contribution in [0, 0.1) is 6.92 Å². The van der Waals surface area contributed by atoms with Gasteiger partial charge in [-0.3, -0.25) is 4.79 Å². The van der Waals surface area contributed by atoms with Crippen LogP contribution in [0.3, 0.4) is 0 Å². The fourth-order valence-corrected chi connectivity index (χ4v) is 4.54. The Morgan fingerprint density at radius 2 is 1.67 bits per heavy atom. The van der Waals surface area contributed by atoms with Crippen molar-refractivity contribution in [2.45, 2.75) is 6.92 Å². The fraction of sp³-hybridized carbons (Fsp3) is 0.227. The van der Waals surface area contributed by atoms with Gasteiger partial charge in [0.2, 0.25) is 0 Å². The van der Waals surface area contributed by atoms with Crippen molar-refractivity contribution in [3.05, 3.63) is 69.8 Å². The Balaban J connectivity index is 1.44. The average molecular weight is 440 g/mol. The zero-order valence-corrected chi connectivity index (χ0v) is 17.9. The molecule has 0 atom stereocenters. The number of piperazine rings is 1. The molecule has 2 aromatic heterocycles. The van der Waals surface area contributed by atoms with Crippen molar-refractivity contribution in [1.29, 1.82) is 0 Å². The number of halogens is 2. The van der Waals surface area contributed by atoms with E-state index in [0.717, 1.165) is 28.1 Å². The lowest BCUT2D eigenvalue weighted by atomic mass is 10.1. The first-order chi connectivity index (χ1) is 14.5. The highest BCUT2D eigenvalue weighted by Crippen LogP contribution is 2.29. The highest BCUT2D eigenvalue weighted by atomic mass is 35.5. The van der Waals surface area contributed by atoms with Gasteiger partial charge in [-0.25, -0.2) is 9.50 Å². The molecular formula is C22H19Cl2N5O. The van der Waals surface area contributed by atoms with Crippen LogP contribution in [-0.2, 0) is 0 Å². The predicted molar refractivity (Wildman–Crippen MR) is 120 cm³/mol. The van der Waals surface area contributed by atoms with Crippen molar-refractivity contribution in [1.82, 2.24) is 19.5 Å². The van der Waals surface area contributed by atoms with Crippen molar-refractivity contribution in [3.63, 3.8) is 0 Å². The van der Waals surface area contributed by atoms with Gasteiger partial charge in [0.15, 0.2) is 5.65 Å². The minimum absolute atomic E-state index is 0.134. The van der Waals surface area contributed by atoms with E-state index < -0.39 is 0 Å². The SMILES string of the molecule is Cc1cc2nc(N3CCN(C(=O)c4c(Cl)cccc4Cl)CC3)c3ccccc3n2n1. The number of amides is 1. The van der Waals surface area contributed by atoms with Crippen LogP contribution in [0.4, 0.5) is 5.82 Å². The van der Waals surface area contributed by atoms with E-state index in [1.54, 1.807) is 23.1 Å². The fourth-order valence-electron chi connectivity index (χ4n) is 3.98. The Hall–Kier alpha value is -2.83. The number of benzene rings is 2. The van der Waals surface area contributed by atoms with Crippen LogP contribution in [0.1, 0.15) is 16.1 Å². The monoisotopic (exact) mass is 439 g/mol. The largest absolute Gasteiger partial charge is 0.352 e. The van der Waals surface area contributed by atoms with E-state index >= 15 is 0 Å². The summed E-state index contributed by atoms with van der Waals surface area (Å²) >= 11 is 12.5. The Morgan fingerprint density at radius 1 is 0.967 bits per heavy atom. The lowest BCUT2D eigenvalue weighted by Gasteiger charge is -2.36. The predicted octanol–water partition coefficient (Wildman–Crippen LogP) is 4.46. The lowest BCUT2D eigenvalue weighted by molar-refractivity contribution is 0.0747. The molecular weight excluding hydrogens is 421 g/mol. The molecule has 1 aliphatic heterocycles. The molecule has 1 fully saturated rings. The van der Waals surface area contributed by atoms with Crippen LogP contribution in [0.5, 0.6) is 0 Å². The second-order valence-electron chi connectivity index (χ2n) is 7.38. The minimum Gasteiger partial charge on any atom is -0.352 e. The first-order valence-electron chi connectivity index (χ1n) is 9.76. The molecule has 6 nitrogen and oxygen atoms in total. The van der Waals surface area contributed by atoms with Crippen molar-refractivity contribution >= 4 is 51.5 Å². The second-order valence-corrected chi connectivity index (χ2v) is 8.20. The molecule has 0 bridgehead atoms. The van der Waals surface area contributed by atoms with Gasteiger partial charge >= 0.3 is 0 Å². The minimum atomic E-state index is -0.134. The summed E-state index contributed by atoms with van der Waals surface area (Å²) in [6.45, 7) is 4.45. The normalized spacial score (nSPS) is 14.6. The lowest BCUT2D eigenvalue weighted by Crippen LogP contribution is -2.49. The average Bonchev–Trinajstić information content (AvgIpc) is 3.13. The van der Waals surface area contributed by atoms with Crippen LogP contribution in [-0.4, -0.2) is 51.6 Å². The van der Waals surface area contributed by atoms with Gasteiger partial charge in [0.25, 0.3) is 5.91 Å².